The third-order valence-corrected chi connectivity index (χ3v) is 6.28. The van der Waals surface area contributed by atoms with Crippen LogP contribution >= 0.6 is 45.2 Å². The average Bonchev–Trinajstić information content (AvgIpc) is 2.88. The summed E-state index contributed by atoms with van der Waals surface area (Å²) in [5.74, 6) is 0.465. The summed E-state index contributed by atoms with van der Waals surface area (Å²) in [7, 11) is 0. The van der Waals surface area contributed by atoms with Crippen molar-refractivity contribution in [2.75, 3.05) is 0 Å². The van der Waals surface area contributed by atoms with Gasteiger partial charge in [-0.3, -0.25) is 4.79 Å². The average molecular weight is 707 g/mol. The van der Waals surface area contributed by atoms with Crippen molar-refractivity contribution in [3.8, 4) is 17.2 Å². The molecule has 4 rings (SSSR count). The first-order valence-electron chi connectivity index (χ1n) is 10.8. The number of carboxylic acids is 1. The molecule has 0 radical (unpaired) electrons. The molecule has 4 aromatic rings. The Morgan fingerprint density at radius 3 is 1.75 bits per heavy atom. The van der Waals surface area contributed by atoms with Crippen LogP contribution in [0.3, 0.4) is 0 Å². The molecule has 4 N–H and O–H groups in total. The van der Waals surface area contributed by atoms with Gasteiger partial charge >= 0.3 is 5.97 Å². The summed E-state index contributed by atoms with van der Waals surface area (Å²) in [6, 6.07) is 28.6. The van der Waals surface area contributed by atoms with Crippen molar-refractivity contribution in [3.63, 3.8) is 0 Å². The zero-order valence-corrected chi connectivity index (χ0v) is 23.3. The Morgan fingerprint density at radius 2 is 1.31 bits per heavy atom. The maximum absolute atomic E-state index is 10.8. The Kier molecular flexibility index (Phi) is 10.6. The Balaban J connectivity index is 0.000000221. The fraction of sp³-hybridized carbons (Fsp3) is 0.0741. The maximum Gasteiger partial charge on any atom is 0.320 e. The summed E-state index contributed by atoms with van der Waals surface area (Å²) in [5.41, 5.74) is 8.16. The molecule has 0 saturated carbocycles. The van der Waals surface area contributed by atoms with Crippen LogP contribution in [0.2, 0.25) is 0 Å². The number of ether oxygens (including phenoxy) is 1. The van der Waals surface area contributed by atoms with Crippen LogP contribution in [-0.4, -0.2) is 22.2 Å². The van der Waals surface area contributed by atoms with E-state index in [1.165, 1.54) is 0 Å². The summed E-state index contributed by atoms with van der Waals surface area (Å²) in [6.07, 6.45) is 0.265. The van der Waals surface area contributed by atoms with Gasteiger partial charge in [-0.25, -0.2) is 0 Å². The van der Waals surface area contributed by atoms with Gasteiger partial charge in [0.1, 0.15) is 17.5 Å². The molecule has 9 heteroatoms. The molecule has 0 amide bonds. The van der Waals surface area contributed by atoms with E-state index in [1.54, 1.807) is 24.3 Å². The van der Waals surface area contributed by atoms with Gasteiger partial charge in [-0.15, -0.1) is 0 Å². The van der Waals surface area contributed by atoms with Crippen LogP contribution in [0.5, 0.6) is 17.2 Å². The molecule has 0 aromatic heterocycles. The molecule has 0 aliphatic heterocycles. The van der Waals surface area contributed by atoms with Crippen LogP contribution in [0.25, 0.3) is 0 Å². The molecule has 4 aromatic carbocycles. The summed E-state index contributed by atoms with van der Waals surface area (Å²) in [4.78, 5) is 10.8. The zero-order valence-electron chi connectivity index (χ0n) is 19.0. The molecule has 184 valence electrons. The van der Waals surface area contributed by atoms with E-state index in [4.69, 9.17) is 15.6 Å². The topological polar surface area (TPSA) is 118 Å². The minimum absolute atomic E-state index is 0.176. The smallest absolute Gasteiger partial charge is 0.320 e. The molecule has 0 bridgehead atoms. The van der Waals surface area contributed by atoms with Gasteiger partial charge in [0.2, 0.25) is 0 Å². The van der Waals surface area contributed by atoms with Crippen molar-refractivity contribution < 1.29 is 19.7 Å². The molecule has 36 heavy (non-hydrogen) atoms. The molecule has 0 fully saturated rings. The SMILES string of the molecule is N[C@@H](Cc1cc(I)c(Oc2ccc(O)cc2)c(I)c1)C(=O)O.c1ccc(N=Nc2ccccc2)cc1. The zero-order chi connectivity index (χ0) is 25.9. The van der Waals surface area contributed by atoms with E-state index in [9.17, 15) is 9.90 Å². The highest BCUT2D eigenvalue weighted by Crippen LogP contribution is 2.33. The largest absolute Gasteiger partial charge is 0.508 e. The fourth-order valence-corrected chi connectivity index (χ4v) is 5.02. The minimum Gasteiger partial charge on any atom is -0.508 e. The monoisotopic (exact) mass is 707 g/mol. The van der Waals surface area contributed by atoms with E-state index in [2.05, 4.69) is 55.4 Å². The van der Waals surface area contributed by atoms with E-state index in [0.29, 0.717) is 11.5 Å². The standard InChI is InChI=1S/C15H13I2NO4.C12H10N2/c16-11-5-8(7-13(18)15(20)21)6-12(17)14(11)22-10-3-1-9(19)2-4-10;1-3-7-11(8-4-1)13-14-12-9-5-2-6-10-12/h1-6,13,19H,7,18H2,(H,20,21);1-10H/t13-;/m0./s1. The number of phenols is 1. The van der Waals surface area contributed by atoms with Crippen LogP contribution in [-0.2, 0) is 11.2 Å². The molecular formula is C27H23I2N3O4. The van der Waals surface area contributed by atoms with Gasteiger partial charge in [0.25, 0.3) is 0 Å². The summed E-state index contributed by atoms with van der Waals surface area (Å²) >= 11 is 4.28. The van der Waals surface area contributed by atoms with E-state index in [-0.39, 0.29) is 12.2 Å². The lowest BCUT2D eigenvalue weighted by atomic mass is 10.1. The molecule has 0 spiro atoms. The lowest BCUT2D eigenvalue weighted by Gasteiger charge is -2.13. The number of phenolic OH excluding ortho intramolecular Hbond substituents is 1. The van der Waals surface area contributed by atoms with E-state index in [1.807, 2.05) is 72.8 Å². The molecule has 0 unspecified atom stereocenters. The predicted octanol–water partition coefficient (Wildman–Crippen LogP) is 7.45. The van der Waals surface area contributed by atoms with Crippen LogP contribution in [0.15, 0.2) is 107 Å². The third-order valence-electron chi connectivity index (χ3n) is 4.68. The first-order valence-corrected chi connectivity index (χ1v) is 12.9. The fourth-order valence-electron chi connectivity index (χ4n) is 2.91. The van der Waals surface area contributed by atoms with Gasteiger partial charge in [0.15, 0.2) is 5.75 Å². The van der Waals surface area contributed by atoms with Gasteiger partial charge < -0.3 is 20.7 Å². The molecule has 0 aliphatic carbocycles. The molecular weight excluding hydrogens is 684 g/mol. The number of aliphatic carboxylic acids is 1. The van der Waals surface area contributed by atoms with Crippen molar-refractivity contribution in [2.45, 2.75) is 12.5 Å². The second-order valence-electron chi connectivity index (χ2n) is 7.50. The normalized spacial score (nSPS) is 11.4. The van der Waals surface area contributed by atoms with Crippen molar-refractivity contribution in [1.82, 2.24) is 0 Å². The van der Waals surface area contributed by atoms with Crippen molar-refractivity contribution >= 4 is 62.5 Å². The summed E-state index contributed by atoms with van der Waals surface area (Å²) < 4.78 is 7.56. The Bertz CT molecular complexity index is 1240. The second-order valence-corrected chi connectivity index (χ2v) is 9.83. The summed E-state index contributed by atoms with van der Waals surface area (Å²) in [5, 5.41) is 26.4. The van der Waals surface area contributed by atoms with Crippen LogP contribution < -0.4 is 10.5 Å². The number of rotatable bonds is 7. The first kappa shape index (κ1) is 27.6. The number of nitrogens with zero attached hydrogens (tertiary/aromatic N) is 2. The number of hydrogen-bond acceptors (Lipinski definition) is 6. The number of carboxylic acid groups (broad SMARTS) is 1. The molecule has 7 nitrogen and oxygen atoms in total. The molecule has 0 saturated heterocycles. The first-order chi connectivity index (χ1) is 17.3. The number of carbonyl (C=O) groups is 1. The Labute approximate surface area is 236 Å². The van der Waals surface area contributed by atoms with Crippen LogP contribution in [0.4, 0.5) is 11.4 Å². The quantitative estimate of drug-likeness (QED) is 0.136. The third kappa shape index (κ3) is 8.88. The van der Waals surface area contributed by atoms with Crippen molar-refractivity contribution in [3.05, 3.63) is 110 Å². The molecule has 1 atom stereocenters. The lowest BCUT2D eigenvalue weighted by molar-refractivity contribution is -0.138. The highest BCUT2D eigenvalue weighted by molar-refractivity contribution is 14.1. The van der Waals surface area contributed by atoms with E-state index in [0.717, 1.165) is 24.1 Å². The van der Waals surface area contributed by atoms with Crippen molar-refractivity contribution in [2.24, 2.45) is 16.0 Å². The van der Waals surface area contributed by atoms with Crippen LogP contribution in [0, 0.1) is 7.14 Å². The van der Waals surface area contributed by atoms with Gasteiger partial charge in [0, 0.05) is 0 Å². The molecule has 0 aliphatic rings. The number of azo groups is 1. The molecule has 0 heterocycles. The van der Waals surface area contributed by atoms with Gasteiger partial charge in [-0.2, -0.15) is 10.2 Å². The van der Waals surface area contributed by atoms with Gasteiger partial charge in [0.05, 0.1) is 18.5 Å². The van der Waals surface area contributed by atoms with Gasteiger partial charge in [-0.1, -0.05) is 36.4 Å². The lowest BCUT2D eigenvalue weighted by Crippen LogP contribution is -2.32. The number of aromatic hydroxyl groups is 1. The number of halogens is 2. The van der Waals surface area contributed by atoms with Gasteiger partial charge in [-0.05, 0) is 118 Å². The predicted molar refractivity (Wildman–Crippen MR) is 156 cm³/mol. The highest BCUT2D eigenvalue weighted by Gasteiger charge is 2.15. The Hall–Kier alpha value is -3.03. The van der Waals surface area contributed by atoms with E-state index >= 15 is 0 Å². The number of benzene rings is 4. The second kappa shape index (κ2) is 13.9. The number of nitrogens with two attached hydrogens (primary N) is 1. The maximum atomic E-state index is 10.8. The van der Waals surface area contributed by atoms with Crippen molar-refractivity contribution in [1.29, 1.82) is 0 Å². The minimum atomic E-state index is -1.02. The number of hydrogen-bond donors (Lipinski definition) is 3. The highest BCUT2D eigenvalue weighted by atomic mass is 127. The summed E-state index contributed by atoms with van der Waals surface area (Å²) in [6.45, 7) is 0. The van der Waals surface area contributed by atoms with E-state index < -0.39 is 12.0 Å². The Morgan fingerprint density at radius 1 is 0.833 bits per heavy atom. The van der Waals surface area contributed by atoms with Crippen LogP contribution in [0.1, 0.15) is 5.56 Å².